The Balaban J connectivity index is 1.47. The molecule has 0 aliphatic carbocycles. The summed E-state index contributed by atoms with van der Waals surface area (Å²) in [5.74, 6) is -1.11. The number of carbonyl (C=O) groups excluding carboxylic acids is 2. The SMILES string of the molecule is CCCCCCCCCCCCCCCCCC(=O)OCC1(C)COC2(CC(C)N(OC(C)=O)C(C)C2)OC1. The van der Waals surface area contributed by atoms with Crippen molar-refractivity contribution in [2.45, 2.75) is 168 Å². The second-order valence-electron chi connectivity index (χ2n) is 12.7. The first-order valence-corrected chi connectivity index (χ1v) is 16.1. The molecule has 2 unspecified atom stereocenters. The molecule has 2 rings (SSSR count). The first kappa shape index (κ1) is 34.0. The second kappa shape index (κ2) is 18.3. The third-order valence-electron chi connectivity index (χ3n) is 8.25. The summed E-state index contributed by atoms with van der Waals surface area (Å²) in [6.07, 6.45) is 21.4. The van der Waals surface area contributed by atoms with Crippen molar-refractivity contribution in [1.82, 2.24) is 5.06 Å². The summed E-state index contributed by atoms with van der Waals surface area (Å²) in [4.78, 5) is 29.1. The standard InChI is InChI=1S/C32H59NO6/c1-6-7-8-9-10-11-12-13-14-15-16-17-18-19-20-21-30(35)36-24-31(5)25-37-32(38-26-31)22-27(2)33(28(3)23-32)39-29(4)34/h27-28H,6-26H2,1-5H3. The molecule has 2 saturated heterocycles. The third-order valence-corrected chi connectivity index (χ3v) is 8.25. The minimum Gasteiger partial charge on any atom is -0.465 e. The van der Waals surface area contributed by atoms with Gasteiger partial charge in [-0.25, -0.2) is 0 Å². The van der Waals surface area contributed by atoms with Crippen LogP contribution in [0.3, 0.4) is 0 Å². The van der Waals surface area contributed by atoms with E-state index in [2.05, 4.69) is 6.92 Å². The molecule has 0 aromatic heterocycles. The molecule has 0 saturated carbocycles. The van der Waals surface area contributed by atoms with Gasteiger partial charge in [-0.05, 0) is 20.3 Å². The average Bonchev–Trinajstić information content (AvgIpc) is 2.89. The molecule has 0 bridgehead atoms. The first-order chi connectivity index (χ1) is 18.7. The fourth-order valence-electron chi connectivity index (χ4n) is 5.91. The smallest absolute Gasteiger partial charge is 0.322 e. The molecule has 228 valence electrons. The van der Waals surface area contributed by atoms with E-state index < -0.39 is 5.79 Å². The van der Waals surface area contributed by atoms with Gasteiger partial charge in [0.25, 0.3) is 0 Å². The van der Waals surface area contributed by atoms with Crippen molar-refractivity contribution >= 4 is 11.9 Å². The van der Waals surface area contributed by atoms with Crippen LogP contribution in [0.2, 0.25) is 0 Å². The molecule has 0 N–H and O–H groups in total. The lowest BCUT2D eigenvalue weighted by Crippen LogP contribution is -2.60. The molecule has 39 heavy (non-hydrogen) atoms. The van der Waals surface area contributed by atoms with Crippen LogP contribution in [0.15, 0.2) is 0 Å². The number of hydrogen-bond donors (Lipinski definition) is 0. The Hall–Kier alpha value is -1.18. The van der Waals surface area contributed by atoms with Crippen LogP contribution >= 0.6 is 0 Å². The van der Waals surface area contributed by atoms with Crippen LogP contribution in [-0.2, 0) is 28.6 Å². The normalized spacial score (nSPS) is 27.5. The van der Waals surface area contributed by atoms with E-state index in [0.29, 0.717) is 39.1 Å². The van der Waals surface area contributed by atoms with E-state index in [1.807, 2.05) is 20.8 Å². The Labute approximate surface area is 239 Å². The Kier molecular flexibility index (Phi) is 16.0. The molecule has 2 heterocycles. The highest BCUT2D eigenvalue weighted by Crippen LogP contribution is 2.41. The molecule has 7 nitrogen and oxygen atoms in total. The maximum absolute atomic E-state index is 12.3. The van der Waals surface area contributed by atoms with Crippen LogP contribution in [0.25, 0.3) is 0 Å². The lowest BCUT2D eigenvalue weighted by atomic mass is 9.88. The Morgan fingerprint density at radius 1 is 0.769 bits per heavy atom. The summed E-state index contributed by atoms with van der Waals surface area (Å²) in [5, 5.41) is 1.74. The van der Waals surface area contributed by atoms with Crippen LogP contribution < -0.4 is 0 Å². The minimum atomic E-state index is -0.674. The number of unbranched alkanes of at least 4 members (excludes halogenated alkanes) is 14. The zero-order valence-corrected chi connectivity index (χ0v) is 25.9. The molecule has 0 amide bonds. The van der Waals surface area contributed by atoms with Crippen LogP contribution in [-0.4, -0.2) is 54.7 Å². The quantitative estimate of drug-likeness (QED) is 0.119. The highest BCUT2D eigenvalue weighted by molar-refractivity contribution is 5.69. The van der Waals surface area contributed by atoms with E-state index in [9.17, 15) is 9.59 Å². The number of nitrogens with zero attached hydrogens (tertiary/aromatic N) is 1. The molecule has 0 aromatic rings. The van der Waals surface area contributed by atoms with Crippen LogP contribution in [0.4, 0.5) is 0 Å². The maximum atomic E-state index is 12.3. The van der Waals surface area contributed by atoms with Crippen molar-refractivity contribution in [2.75, 3.05) is 19.8 Å². The summed E-state index contributed by atoms with van der Waals surface area (Å²) < 4.78 is 18.1. The third kappa shape index (κ3) is 13.4. The monoisotopic (exact) mass is 553 g/mol. The summed E-state index contributed by atoms with van der Waals surface area (Å²) in [6, 6.07) is -0.00974. The molecule has 2 aliphatic rings. The second-order valence-corrected chi connectivity index (χ2v) is 12.7. The van der Waals surface area contributed by atoms with Gasteiger partial charge in [0.2, 0.25) is 0 Å². The van der Waals surface area contributed by atoms with Crippen LogP contribution in [0.5, 0.6) is 0 Å². The van der Waals surface area contributed by atoms with Gasteiger partial charge in [-0.2, -0.15) is 0 Å². The van der Waals surface area contributed by atoms with Crippen LogP contribution in [0.1, 0.15) is 150 Å². The van der Waals surface area contributed by atoms with Gasteiger partial charge in [0.1, 0.15) is 6.61 Å². The van der Waals surface area contributed by atoms with Gasteiger partial charge >= 0.3 is 11.9 Å². The van der Waals surface area contributed by atoms with E-state index in [-0.39, 0.29) is 29.4 Å². The highest BCUT2D eigenvalue weighted by atomic mass is 16.7. The summed E-state index contributed by atoms with van der Waals surface area (Å²) in [7, 11) is 0. The van der Waals surface area contributed by atoms with Crippen molar-refractivity contribution in [1.29, 1.82) is 0 Å². The number of carbonyl (C=O) groups is 2. The summed E-state index contributed by atoms with van der Waals surface area (Å²) in [6.45, 7) is 11.0. The molecule has 2 aliphatic heterocycles. The molecular weight excluding hydrogens is 494 g/mol. The number of piperidine rings is 1. The number of hydrogen-bond acceptors (Lipinski definition) is 7. The highest BCUT2D eigenvalue weighted by Gasteiger charge is 2.50. The predicted molar refractivity (Wildman–Crippen MR) is 155 cm³/mol. The van der Waals surface area contributed by atoms with Gasteiger partial charge in [0, 0.05) is 43.7 Å². The van der Waals surface area contributed by atoms with E-state index in [1.165, 1.54) is 90.4 Å². The predicted octanol–water partition coefficient (Wildman–Crippen LogP) is 7.89. The molecule has 2 fully saturated rings. The fraction of sp³-hybridized carbons (Fsp3) is 0.938. The van der Waals surface area contributed by atoms with Crippen molar-refractivity contribution in [2.24, 2.45) is 5.41 Å². The van der Waals surface area contributed by atoms with E-state index in [1.54, 1.807) is 5.06 Å². The van der Waals surface area contributed by atoms with E-state index in [4.69, 9.17) is 19.0 Å². The molecule has 1 spiro atoms. The summed E-state index contributed by atoms with van der Waals surface area (Å²) >= 11 is 0. The van der Waals surface area contributed by atoms with Crippen molar-refractivity contribution in [3.8, 4) is 0 Å². The number of hydroxylamine groups is 2. The molecular formula is C32H59NO6. The number of rotatable bonds is 19. The minimum absolute atomic E-state index is 0.00487. The molecule has 0 aromatic carbocycles. The summed E-state index contributed by atoms with van der Waals surface area (Å²) in [5.41, 5.74) is -0.352. The Bertz CT molecular complexity index is 676. The van der Waals surface area contributed by atoms with Gasteiger partial charge in [0.05, 0.1) is 13.2 Å². The average molecular weight is 554 g/mol. The van der Waals surface area contributed by atoms with Crippen molar-refractivity contribution < 1.29 is 28.6 Å². The van der Waals surface area contributed by atoms with Gasteiger partial charge in [-0.15, -0.1) is 5.06 Å². The lowest BCUT2D eigenvalue weighted by molar-refractivity contribution is -0.347. The zero-order valence-electron chi connectivity index (χ0n) is 25.9. The molecule has 0 radical (unpaired) electrons. The Morgan fingerprint density at radius 3 is 1.64 bits per heavy atom. The van der Waals surface area contributed by atoms with Gasteiger partial charge in [-0.3, -0.25) is 9.59 Å². The molecule has 7 heteroatoms. The zero-order chi connectivity index (χ0) is 28.6. The fourth-order valence-corrected chi connectivity index (χ4v) is 5.91. The molecule has 2 atom stereocenters. The van der Waals surface area contributed by atoms with Crippen LogP contribution in [0, 0.1) is 5.41 Å². The largest absolute Gasteiger partial charge is 0.465 e. The number of esters is 1. The topological polar surface area (TPSA) is 74.3 Å². The van der Waals surface area contributed by atoms with E-state index in [0.717, 1.165) is 12.8 Å². The van der Waals surface area contributed by atoms with Gasteiger partial charge in [0.15, 0.2) is 5.79 Å². The van der Waals surface area contributed by atoms with Gasteiger partial charge < -0.3 is 19.0 Å². The van der Waals surface area contributed by atoms with Crippen molar-refractivity contribution in [3.63, 3.8) is 0 Å². The Morgan fingerprint density at radius 2 is 1.21 bits per heavy atom. The first-order valence-electron chi connectivity index (χ1n) is 16.1. The lowest BCUT2D eigenvalue weighted by Gasteiger charge is -2.51. The van der Waals surface area contributed by atoms with E-state index >= 15 is 0 Å². The van der Waals surface area contributed by atoms with Gasteiger partial charge in [-0.1, -0.05) is 104 Å². The maximum Gasteiger partial charge on any atom is 0.322 e. The number of ether oxygens (including phenoxy) is 3. The van der Waals surface area contributed by atoms with Crippen molar-refractivity contribution in [3.05, 3.63) is 0 Å².